The Hall–Kier alpha value is -3.14. The van der Waals surface area contributed by atoms with E-state index in [1.807, 2.05) is 37.3 Å². The van der Waals surface area contributed by atoms with Gasteiger partial charge in [0.15, 0.2) is 0 Å². The van der Waals surface area contributed by atoms with Crippen molar-refractivity contribution in [3.63, 3.8) is 0 Å². The van der Waals surface area contributed by atoms with Crippen LogP contribution in [-0.4, -0.2) is 38.3 Å². The second-order valence-corrected chi connectivity index (χ2v) is 9.19. The quantitative estimate of drug-likeness (QED) is 0.454. The standard InChI is InChI=1S/C21H19ClN6O2S/c1-15(16-5-7-17(8-6-16)21-24-26-27-25-21)28(14-19-4-2-3-13-23-19)31(29,30)20-11-9-18(22)10-12-20/h2-13,15H,14H2,1H3,(H,24,25,26,27). The molecule has 4 aromatic rings. The number of H-pyrrole nitrogens is 1. The summed E-state index contributed by atoms with van der Waals surface area (Å²) in [6.45, 7) is 1.97. The van der Waals surface area contributed by atoms with Crippen molar-refractivity contribution in [2.24, 2.45) is 0 Å². The molecule has 1 N–H and O–H groups in total. The van der Waals surface area contributed by atoms with E-state index in [1.165, 1.54) is 16.4 Å². The van der Waals surface area contributed by atoms with Crippen LogP contribution in [0.1, 0.15) is 24.2 Å². The molecule has 0 aliphatic carbocycles. The molecule has 0 radical (unpaired) electrons. The summed E-state index contributed by atoms with van der Waals surface area (Å²) in [5.41, 5.74) is 2.25. The molecular weight excluding hydrogens is 436 g/mol. The molecule has 0 aliphatic heterocycles. The summed E-state index contributed by atoms with van der Waals surface area (Å²) in [5.74, 6) is 0.471. The van der Waals surface area contributed by atoms with Gasteiger partial charge in [0, 0.05) is 22.8 Å². The van der Waals surface area contributed by atoms with E-state index in [9.17, 15) is 8.42 Å². The minimum atomic E-state index is -3.82. The predicted molar refractivity (Wildman–Crippen MR) is 116 cm³/mol. The van der Waals surface area contributed by atoms with E-state index in [-0.39, 0.29) is 11.4 Å². The van der Waals surface area contributed by atoms with Crippen molar-refractivity contribution in [1.82, 2.24) is 29.9 Å². The maximum Gasteiger partial charge on any atom is 0.243 e. The first-order chi connectivity index (χ1) is 14.9. The van der Waals surface area contributed by atoms with Crippen molar-refractivity contribution in [2.45, 2.75) is 24.4 Å². The largest absolute Gasteiger partial charge is 0.260 e. The highest BCUT2D eigenvalue weighted by molar-refractivity contribution is 7.89. The number of aromatic amines is 1. The molecule has 31 heavy (non-hydrogen) atoms. The van der Waals surface area contributed by atoms with Gasteiger partial charge in [0.05, 0.1) is 17.1 Å². The number of nitrogens with zero attached hydrogens (tertiary/aromatic N) is 5. The lowest BCUT2D eigenvalue weighted by Crippen LogP contribution is -2.33. The van der Waals surface area contributed by atoms with Crippen LogP contribution in [0.25, 0.3) is 11.4 Å². The number of sulfonamides is 1. The number of hydrogen-bond acceptors (Lipinski definition) is 6. The fourth-order valence-corrected chi connectivity index (χ4v) is 4.90. The summed E-state index contributed by atoms with van der Waals surface area (Å²) in [7, 11) is -3.82. The molecule has 2 aromatic carbocycles. The molecule has 1 atom stereocenters. The number of hydrogen-bond donors (Lipinski definition) is 1. The molecule has 10 heteroatoms. The van der Waals surface area contributed by atoms with Crippen molar-refractivity contribution >= 4 is 21.6 Å². The Morgan fingerprint density at radius 1 is 1.03 bits per heavy atom. The van der Waals surface area contributed by atoms with Crippen LogP contribution >= 0.6 is 11.6 Å². The van der Waals surface area contributed by atoms with Gasteiger partial charge in [-0.3, -0.25) is 4.98 Å². The minimum absolute atomic E-state index is 0.125. The second-order valence-electron chi connectivity index (χ2n) is 6.86. The molecule has 0 fully saturated rings. The molecule has 0 saturated heterocycles. The lowest BCUT2D eigenvalue weighted by molar-refractivity contribution is 0.333. The van der Waals surface area contributed by atoms with Crippen LogP contribution in [0, 0.1) is 0 Å². The normalized spacial score (nSPS) is 12.7. The third-order valence-corrected chi connectivity index (χ3v) is 7.08. The van der Waals surface area contributed by atoms with Crippen molar-refractivity contribution in [1.29, 1.82) is 0 Å². The Labute approximate surface area is 185 Å². The third kappa shape index (κ3) is 4.63. The fraction of sp³-hybridized carbons (Fsp3) is 0.143. The molecule has 1 unspecified atom stereocenters. The average Bonchev–Trinajstić information content (AvgIpc) is 3.33. The summed E-state index contributed by atoms with van der Waals surface area (Å²) in [5, 5.41) is 14.4. The van der Waals surface area contributed by atoms with Crippen molar-refractivity contribution < 1.29 is 8.42 Å². The molecule has 0 saturated carbocycles. The van der Waals surface area contributed by atoms with E-state index in [0.29, 0.717) is 16.5 Å². The Bertz CT molecular complexity index is 1230. The van der Waals surface area contributed by atoms with E-state index in [0.717, 1.165) is 11.1 Å². The van der Waals surface area contributed by atoms with Gasteiger partial charge in [0.25, 0.3) is 0 Å². The van der Waals surface area contributed by atoms with E-state index < -0.39 is 16.1 Å². The Morgan fingerprint density at radius 3 is 2.39 bits per heavy atom. The molecule has 158 valence electrons. The van der Waals surface area contributed by atoms with E-state index in [2.05, 4.69) is 25.6 Å². The molecule has 2 aromatic heterocycles. The van der Waals surface area contributed by atoms with Gasteiger partial charge in [0.1, 0.15) is 0 Å². The molecule has 8 nitrogen and oxygen atoms in total. The lowest BCUT2D eigenvalue weighted by Gasteiger charge is -2.28. The van der Waals surface area contributed by atoms with Crippen LogP contribution in [0.4, 0.5) is 0 Å². The summed E-state index contributed by atoms with van der Waals surface area (Å²) in [6, 6.07) is 18.5. The maximum atomic E-state index is 13.5. The van der Waals surface area contributed by atoms with Crippen LogP contribution in [0.3, 0.4) is 0 Å². The van der Waals surface area contributed by atoms with Crippen LogP contribution in [0.2, 0.25) is 5.02 Å². The van der Waals surface area contributed by atoms with Gasteiger partial charge in [-0.15, -0.1) is 10.2 Å². The number of benzene rings is 2. The Morgan fingerprint density at radius 2 is 1.77 bits per heavy atom. The number of nitrogens with one attached hydrogen (secondary N) is 1. The molecule has 2 heterocycles. The fourth-order valence-electron chi connectivity index (χ4n) is 3.18. The molecule has 0 bridgehead atoms. The summed E-state index contributed by atoms with van der Waals surface area (Å²) >= 11 is 5.95. The number of tetrazole rings is 1. The highest BCUT2D eigenvalue weighted by Gasteiger charge is 2.30. The maximum absolute atomic E-state index is 13.5. The number of pyridine rings is 1. The van der Waals surface area contributed by atoms with Crippen molar-refractivity contribution in [2.75, 3.05) is 0 Å². The van der Waals surface area contributed by atoms with Crippen LogP contribution in [0.15, 0.2) is 77.8 Å². The first kappa shape index (κ1) is 21.1. The zero-order chi connectivity index (χ0) is 21.8. The summed E-state index contributed by atoms with van der Waals surface area (Å²) in [6.07, 6.45) is 1.65. The monoisotopic (exact) mass is 454 g/mol. The molecule has 0 amide bonds. The van der Waals surface area contributed by atoms with Gasteiger partial charge in [-0.05, 0) is 54.1 Å². The van der Waals surface area contributed by atoms with Gasteiger partial charge < -0.3 is 0 Å². The van der Waals surface area contributed by atoms with Gasteiger partial charge in [-0.1, -0.05) is 41.9 Å². The van der Waals surface area contributed by atoms with Gasteiger partial charge >= 0.3 is 0 Å². The number of aromatic nitrogens is 5. The van der Waals surface area contributed by atoms with Crippen LogP contribution < -0.4 is 0 Å². The highest BCUT2D eigenvalue weighted by Crippen LogP contribution is 2.30. The Balaban J connectivity index is 1.70. The van der Waals surface area contributed by atoms with E-state index in [1.54, 1.807) is 30.5 Å². The van der Waals surface area contributed by atoms with E-state index >= 15 is 0 Å². The zero-order valence-electron chi connectivity index (χ0n) is 16.6. The predicted octanol–water partition coefficient (Wildman–Crippen LogP) is 3.87. The van der Waals surface area contributed by atoms with Gasteiger partial charge in [-0.25, -0.2) is 8.42 Å². The second kappa shape index (κ2) is 8.93. The van der Waals surface area contributed by atoms with Crippen molar-refractivity contribution in [3.05, 3.63) is 89.2 Å². The van der Waals surface area contributed by atoms with Gasteiger partial charge in [-0.2, -0.15) is 9.52 Å². The molecular formula is C21H19ClN6O2S. The summed E-state index contributed by atoms with van der Waals surface area (Å²) < 4.78 is 28.5. The highest BCUT2D eigenvalue weighted by atomic mass is 35.5. The topological polar surface area (TPSA) is 105 Å². The average molecular weight is 455 g/mol. The number of halogens is 1. The third-order valence-electron chi connectivity index (χ3n) is 4.89. The Kier molecular flexibility index (Phi) is 6.08. The molecule has 0 aliphatic rings. The number of rotatable bonds is 7. The summed E-state index contributed by atoms with van der Waals surface area (Å²) in [4.78, 5) is 4.48. The first-order valence-corrected chi connectivity index (χ1v) is 11.3. The smallest absolute Gasteiger partial charge is 0.243 e. The minimum Gasteiger partial charge on any atom is -0.260 e. The molecule has 4 rings (SSSR count). The van der Waals surface area contributed by atoms with Gasteiger partial charge in [0.2, 0.25) is 15.8 Å². The van der Waals surface area contributed by atoms with Crippen LogP contribution in [0.5, 0.6) is 0 Å². The first-order valence-electron chi connectivity index (χ1n) is 9.46. The van der Waals surface area contributed by atoms with E-state index in [4.69, 9.17) is 11.6 Å². The van der Waals surface area contributed by atoms with Crippen LogP contribution in [-0.2, 0) is 16.6 Å². The lowest BCUT2D eigenvalue weighted by atomic mass is 10.1. The zero-order valence-corrected chi connectivity index (χ0v) is 18.1. The SMILES string of the molecule is CC(c1ccc(-c2nn[nH]n2)cc1)N(Cc1ccccn1)S(=O)(=O)c1ccc(Cl)cc1. The van der Waals surface area contributed by atoms with Crippen molar-refractivity contribution in [3.8, 4) is 11.4 Å². The molecule has 0 spiro atoms.